The lowest BCUT2D eigenvalue weighted by Gasteiger charge is -2.35. The molecule has 0 heterocycles. The van der Waals surface area contributed by atoms with Gasteiger partial charge in [0.05, 0.1) is 26.9 Å². The highest BCUT2D eigenvalue weighted by atomic mass is 16.5. The average molecular weight is 334 g/mol. The Kier molecular flexibility index (Phi) is 5.26. The molecule has 0 N–H and O–H groups in total. The van der Waals surface area contributed by atoms with Gasteiger partial charge in [0.2, 0.25) is 0 Å². The molecule has 0 spiro atoms. The van der Waals surface area contributed by atoms with Crippen LogP contribution in [0, 0.1) is 5.41 Å². The summed E-state index contributed by atoms with van der Waals surface area (Å²) in [5.41, 5.74) is -0.283. The van der Waals surface area contributed by atoms with Crippen molar-refractivity contribution in [2.75, 3.05) is 21.3 Å². The van der Waals surface area contributed by atoms with E-state index in [2.05, 4.69) is 0 Å². The van der Waals surface area contributed by atoms with E-state index in [1.54, 1.807) is 12.1 Å². The highest BCUT2D eigenvalue weighted by Crippen LogP contribution is 2.46. The Bertz CT molecular complexity index is 678. The predicted octanol–water partition coefficient (Wildman–Crippen LogP) is 2.36. The third kappa shape index (κ3) is 2.88. The van der Waals surface area contributed by atoms with Crippen LogP contribution in [0.5, 0.6) is 11.5 Å². The fourth-order valence-corrected chi connectivity index (χ4v) is 3.28. The number of fused-ring (bicyclic) bond motifs is 1. The molecule has 0 saturated carbocycles. The summed E-state index contributed by atoms with van der Waals surface area (Å²) in [7, 11) is 4.26. The molecule has 0 radical (unpaired) electrons. The van der Waals surface area contributed by atoms with Gasteiger partial charge in [0.1, 0.15) is 22.7 Å². The monoisotopic (exact) mass is 334 g/mol. The van der Waals surface area contributed by atoms with Crippen molar-refractivity contribution >= 4 is 17.5 Å². The number of hydrogen-bond acceptors (Lipinski definition) is 6. The molecular weight excluding hydrogens is 312 g/mol. The van der Waals surface area contributed by atoms with E-state index in [-0.39, 0.29) is 30.8 Å². The van der Waals surface area contributed by atoms with E-state index in [9.17, 15) is 14.4 Å². The molecule has 6 nitrogen and oxygen atoms in total. The molecule has 1 aliphatic rings. The smallest absolute Gasteiger partial charge is 0.319 e. The Morgan fingerprint density at radius 1 is 1.12 bits per heavy atom. The molecule has 0 fully saturated rings. The van der Waals surface area contributed by atoms with Gasteiger partial charge in [0.15, 0.2) is 5.78 Å². The van der Waals surface area contributed by atoms with Crippen LogP contribution in [0.4, 0.5) is 0 Å². The van der Waals surface area contributed by atoms with Crippen molar-refractivity contribution in [2.24, 2.45) is 5.41 Å². The van der Waals surface area contributed by atoms with Gasteiger partial charge in [-0.05, 0) is 38.3 Å². The van der Waals surface area contributed by atoms with E-state index in [1.807, 2.05) is 0 Å². The Hall–Kier alpha value is -2.37. The number of carbonyl (C=O) groups excluding carboxylic acids is 3. The summed E-state index contributed by atoms with van der Waals surface area (Å²) in [6.45, 7) is 1.44. The Labute approximate surface area is 141 Å². The highest BCUT2D eigenvalue weighted by Gasteiger charge is 2.51. The molecular formula is C18H22O6. The van der Waals surface area contributed by atoms with Crippen molar-refractivity contribution in [3.8, 4) is 11.5 Å². The summed E-state index contributed by atoms with van der Waals surface area (Å²) >= 11 is 0. The van der Waals surface area contributed by atoms with Crippen molar-refractivity contribution < 1.29 is 28.6 Å². The van der Waals surface area contributed by atoms with Gasteiger partial charge in [-0.15, -0.1) is 0 Å². The van der Waals surface area contributed by atoms with Gasteiger partial charge >= 0.3 is 5.97 Å². The second kappa shape index (κ2) is 7.03. The minimum absolute atomic E-state index is 0.0746. The third-order valence-electron chi connectivity index (χ3n) is 4.61. The van der Waals surface area contributed by atoms with Crippen LogP contribution in [0.2, 0.25) is 0 Å². The van der Waals surface area contributed by atoms with Crippen LogP contribution in [0.3, 0.4) is 0 Å². The number of Topliss-reactive ketones (excluding diaryl/α,β-unsaturated/α-hetero) is 2. The standard InChI is InChI=1S/C18H22O6/c1-11(19)7-9-18(17(21)24-4)10-8-12-13(22-2)5-6-14(23-3)15(12)16(18)20/h5-6H,7-10H2,1-4H3/t18-/m1/s1. The Morgan fingerprint density at radius 2 is 1.75 bits per heavy atom. The molecule has 130 valence electrons. The van der Waals surface area contributed by atoms with Gasteiger partial charge in [-0.1, -0.05) is 0 Å². The molecule has 0 aromatic heterocycles. The fraction of sp³-hybridized carbons (Fsp3) is 0.500. The number of methoxy groups -OCH3 is 3. The van der Waals surface area contributed by atoms with Crippen molar-refractivity contribution in [1.29, 1.82) is 0 Å². The lowest BCUT2D eigenvalue weighted by molar-refractivity contribution is -0.150. The van der Waals surface area contributed by atoms with E-state index in [4.69, 9.17) is 14.2 Å². The molecule has 0 unspecified atom stereocenters. The molecule has 0 aliphatic heterocycles. The zero-order chi connectivity index (χ0) is 17.9. The van der Waals surface area contributed by atoms with E-state index < -0.39 is 11.4 Å². The Balaban J connectivity index is 2.59. The maximum Gasteiger partial charge on any atom is 0.319 e. The summed E-state index contributed by atoms with van der Waals surface area (Å²) in [5.74, 6) is -0.0675. The second-order valence-corrected chi connectivity index (χ2v) is 5.93. The first kappa shape index (κ1) is 18.0. The van der Waals surface area contributed by atoms with E-state index >= 15 is 0 Å². The molecule has 1 atom stereocenters. The molecule has 0 saturated heterocycles. The summed E-state index contributed by atoms with van der Waals surface area (Å²) in [6.07, 6.45) is 1.02. The van der Waals surface area contributed by atoms with Gasteiger partial charge < -0.3 is 19.0 Å². The first-order chi connectivity index (χ1) is 11.4. The molecule has 1 aliphatic carbocycles. The quantitative estimate of drug-likeness (QED) is 0.587. The predicted molar refractivity (Wildman–Crippen MR) is 86.6 cm³/mol. The summed E-state index contributed by atoms with van der Waals surface area (Å²) < 4.78 is 15.6. The van der Waals surface area contributed by atoms with Crippen LogP contribution in [-0.4, -0.2) is 38.9 Å². The van der Waals surface area contributed by atoms with Gasteiger partial charge in [0.25, 0.3) is 0 Å². The summed E-state index contributed by atoms with van der Waals surface area (Å²) in [5, 5.41) is 0. The minimum Gasteiger partial charge on any atom is -0.496 e. The average Bonchev–Trinajstić information content (AvgIpc) is 2.59. The molecule has 6 heteroatoms. The van der Waals surface area contributed by atoms with Crippen molar-refractivity contribution in [3.05, 3.63) is 23.3 Å². The lowest BCUT2D eigenvalue weighted by atomic mass is 9.67. The zero-order valence-electron chi connectivity index (χ0n) is 14.4. The van der Waals surface area contributed by atoms with Gasteiger partial charge in [-0.3, -0.25) is 9.59 Å². The van der Waals surface area contributed by atoms with Gasteiger partial charge in [-0.2, -0.15) is 0 Å². The largest absolute Gasteiger partial charge is 0.496 e. The SMILES string of the molecule is COC(=O)[C@]1(CCC(C)=O)CCc2c(OC)ccc(OC)c2C1=O. The second-order valence-electron chi connectivity index (χ2n) is 5.93. The van der Waals surface area contributed by atoms with Crippen molar-refractivity contribution in [2.45, 2.75) is 32.6 Å². The first-order valence-electron chi connectivity index (χ1n) is 7.77. The maximum atomic E-state index is 13.3. The molecule has 24 heavy (non-hydrogen) atoms. The van der Waals surface area contributed by atoms with Crippen LogP contribution in [0.15, 0.2) is 12.1 Å². The molecule has 1 aromatic carbocycles. The normalized spacial score (nSPS) is 19.4. The number of ketones is 2. The maximum absolute atomic E-state index is 13.3. The van der Waals surface area contributed by atoms with E-state index in [1.165, 1.54) is 28.3 Å². The number of hydrogen-bond donors (Lipinski definition) is 0. The fourth-order valence-electron chi connectivity index (χ4n) is 3.28. The number of benzene rings is 1. The number of esters is 1. The minimum atomic E-state index is -1.35. The van der Waals surface area contributed by atoms with E-state index in [0.717, 1.165) is 5.56 Å². The number of rotatable bonds is 6. The lowest BCUT2D eigenvalue weighted by Crippen LogP contribution is -2.44. The van der Waals surface area contributed by atoms with Gasteiger partial charge in [-0.25, -0.2) is 0 Å². The zero-order valence-corrected chi connectivity index (χ0v) is 14.4. The number of ether oxygens (including phenoxy) is 3. The molecule has 0 amide bonds. The third-order valence-corrected chi connectivity index (χ3v) is 4.61. The first-order valence-corrected chi connectivity index (χ1v) is 7.77. The van der Waals surface area contributed by atoms with Crippen LogP contribution in [0.1, 0.15) is 42.1 Å². The molecule has 0 bridgehead atoms. The van der Waals surface area contributed by atoms with Crippen LogP contribution in [-0.2, 0) is 20.7 Å². The van der Waals surface area contributed by atoms with Crippen LogP contribution < -0.4 is 9.47 Å². The van der Waals surface area contributed by atoms with E-state index in [0.29, 0.717) is 23.5 Å². The van der Waals surface area contributed by atoms with Crippen LogP contribution in [0.25, 0.3) is 0 Å². The number of carbonyl (C=O) groups is 3. The van der Waals surface area contributed by atoms with Crippen LogP contribution >= 0.6 is 0 Å². The van der Waals surface area contributed by atoms with Crippen molar-refractivity contribution in [1.82, 2.24) is 0 Å². The summed E-state index contributed by atoms with van der Waals surface area (Å²) in [4.78, 5) is 37.1. The molecule has 1 aromatic rings. The van der Waals surface area contributed by atoms with Crippen molar-refractivity contribution in [3.63, 3.8) is 0 Å². The molecule has 2 rings (SSSR count). The Morgan fingerprint density at radius 3 is 2.29 bits per heavy atom. The highest BCUT2D eigenvalue weighted by molar-refractivity contribution is 6.15. The summed E-state index contributed by atoms with van der Waals surface area (Å²) in [6, 6.07) is 3.39. The van der Waals surface area contributed by atoms with Gasteiger partial charge in [0, 0.05) is 12.0 Å². The topological polar surface area (TPSA) is 78.9 Å².